The van der Waals surface area contributed by atoms with Gasteiger partial charge in [-0.05, 0) is 57.5 Å². The molecular weight excluding hydrogens is 376 g/mol. The Balaban J connectivity index is 1.72. The summed E-state index contributed by atoms with van der Waals surface area (Å²) < 4.78 is 6.63. The molecule has 116 valence electrons. The minimum absolute atomic E-state index is 0.226. The van der Waals surface area contributed by atoms with Crippen LogP contribution in [0.2, 0.25) is 0 Å². The van der Waals surface area contributed by atoms with E-state index >= 15 is 0 Å². The highest BCUT2D eigenvalue weighted by molar-refractivity contribution is 9.10. The van der Waals surface area contributed by atoms with Crippen molar-refractivity contribution < 1.29 is 9.53 Å². The minimum atomic E-state index is -0.226. The molecule has 0 aliphatic carbocycles. The van der Waals surface area contributed by atoms with Crippen LogP contribution in [-0.2, 0) is 11.4 Å². The maximum absolute atomic E-state index is 11.6. The number of carbonyl (C=O) groups excluding carboxylic acids is 1. The van der Waals surface area contributed by atoms with Crippen molar-refractivity contribution in [3.05, 3.63) is 69.8 Å². The Labute approximate surface area is 147 Å². The Morgan fingerprint density at radius 2 is 1.91 bits per heavy atom. The van der Waals surface area contributed by atoms with Crippen LogP contribution in [0.3, 0.4) is 0 Å². The van der Waals surface area contributed by atoms with Gasteiger partial charge in [0.1, 0.15) is 18.1 Å². The van der Waals surface area contributed by atoms with Crippen LogP contribution >= 0.6 is 28.1 Å². The lowest BCUT2D eigenvalue weighted by Gasteiger charge is -2.09. The molecular formula is C17H13BrN2O2S. The molecule has 2 N–H and O–H groups in total. The monoisotopic (exact) mass is 388 g/mol. The summed E-state index contributed by atoms with van der Waals surface area (Å²) >= 11 is 8.40. The molecule has 1 aliphatic rings. The molecule has 1 saturated heterocycles. The van der Waals surface area contributed by atoms with Gasteiger partial charge in [0, 0.05) is 0 Å². The van der Waals surface area contributed by atoms with E-state index in [0.717, 1.165) is 21.3 Å². The highest BCUT2D eigenvalue weighted by Crippen LogP contribution is 2.27. The van der Waals surface area contributed by atoms with E-state index in [1.807, 2.05) is 48.5 Å². The van der Waals surface area contributed by atoms with Crippen LogP contribution < -0.4 is 15.4 Å². The second kappa shape index (κ2) is 6.93. The van der Waals surface area contributed by atoms with Crippen molar-refractivity contribution in [2.24, 2.45) is 0 Å². The van der Waals surface area contributed by atoms with Gasteiger partial charge < -0.3 is 10.1 Å². The van der Waals surface area contributed by atoms with Crippen molar-refractivity contribution in [1.29, 1.82) is 0 Å². The van der Waals surface area contributed by atoms with E-state index in [2.05, 4.69) is 26.6 Å². The summed E-state index contributed by atoms with van der Waals surface area (Å²) in [5, 5.41) is 5.67. The SMILES string of the molecule is O=C1NC(=S)N/C1=C\c1ccc(OCc2ccccc2)c(Br)c1. The van der Waals surface area contributed by atoms with Gasteiger partial charge in [0.25, 0.3) is 5.91 Å². The van der Waals surface area contributed by atoms with Crippen LogP contribution in [0.5, 0.6) is 5.75 Å². The summed E-state index contributed by atoms with van der Waals surface area (Å²) in [6.07, 6.45) is 1.74. The fourth-order valence-electron chi connectivity index (χ4n) is 2.11. The molecule has 1 aliphatic heterocycles. The zero-order valence-electron chi connectivity index (χ0n) is 12.0. The van der Waals surface area contributed by atoms with E-state index in [9.17, 15) is 4.79 Å². The Kier molecular flexibility index (Phi) is 4.73. The molecule has 0 radical (unpaired) electrons. The number of amides is 1. The van der Waals surface area contributed by atoms with Crippen molar-refractivity contribution >= 4 is 45.2 Å². The summed E-state index contributed by atoms with van der Waals surface area (Å²) in [5.41, 5.74) is 2.40. The molecule has 23 heavy (non-hydrogen) atoms. The third kappa shape index (κ3) is 3.97. The maximum Gasteiger partial charge on any atom is 0.273 e. The van der Waals surface area contributed by atoms with Crippen molar-refractivity contribution in [3.63, 3.8) is 0 Å². The fraction of sp³-hybridized carbons (Fsp3) is 0.0588. The quantitative estimate of drug-likeness (QED) is 0.622. The van der Waals surface area contributed by atoms with Gasteiger partial charge in [-0.1, -0.05) is 36.4 Å². The number of thiocarbonyl (C=S) groups is 1. The Morgan fingerprint density at radius 3 is 2.57 bits per heavy atom. The Morgan fingerprint density at radius 1 is 1.13 bits per heavy atom. The average Bonchev–Trinajstić information content (AvgIpc) is 2.85. The molecule has 0 atom stereocenters. The smallest absolute Gasteiger partial charge is 0.273 e. The van der Waals surface area contributed by atoms with Gasteiger partial charge in [-0.15, -0.1) is 0 Å². The average molecular weight is 389 g/mol. The number of benzene rings is 2. The molecule has 2 aromatic rings. The maximum atomic E-state index is 11.6. The Hall–Kier alpha value is -2.18. The number of hydrogen-bond acceptors (Lipinski definition) is 3. The summed E-state index contributed by atoms with van der Waals surface area (Å²) in [4.78, 5) is 11.6. The summed E-state index contributed by atoms with van der Waals surface area (Å²) in [6, 6.07) is 15.6. The van der Waals surface area contributed by atoms with E-state index in [-0.39, 0.29) is 5.91 Å². The van der Waals surface area contributed by atoms with Crippen LogP contribution in [0, 0.1) is 0 Å². The van der Waals surface area contributed by atoms with Crippen molar-refractivity contribution in [3.8, 4) is 5.75 Å². The molecule has 4 nitrogen and oxygen atoms in total. The van der Waals surface area contributed by atoms with Crippen LogP contribution in [0.15, 0.2) is 58.7 Å². The van der Waals surface area contributed by atoms with Gasteiger partial charge in [0.15, 0.2) is 5.11 Å². The molecule has 1 fully saturated rings. The lowest BCUT2D eigenvalue weighted by atomic mass is 10.2. The number of halogens is 1. The van der Waals surface area contributed by atoms with Gasteiger partial charge in [0.2, 0.25) is 0 Å². The predicted octanol–water partition coefficient (Wildman–Crippen LogP) is 3.37. The summed E-state index contributed by atoms with van der Waals surface area (Å²) in [7, 11) is 0. The number of ether oxygens (including phenoxy) is 1. The van der Waals surface area contributed by atoms with Gasteiger partial charge in [-0.25, -0.2) is 0 Å². The summed E-state index contributed by atoms with van der Waals surface area (Å²) in [5.74, 6) is 0.519. The van der Waals surface area contributed by atoms with Gasteiger partial charge in [-0.2, -0.15) is 0 Å². The molecule has 6 heteroatoms. The number of nitrogens with one attached hydrogen (secondary N) is 2. The van der Waals surface area contributed by atoms with Gasteiger partial charge in [-0.3, -0.25) is 10.1 Å². The largest absolute Gasteiger partial charge is 0.488 e. The first-order valence-electron chi connectivity index (χ1n) is 6.92. The van der Waals surface area contributed by atoms with Crippen molar-refractivity contribution in [2.45, 2.75) is 6.61 Å². The molecule has 2 aromatic carbocycles. The van der Waals surface area contributed by atoms with E-state index in [4.69, 9.17) is 17.0 Å². The van der Waals surface area contributed by atoms with Gasteiger partial charge >= 0.3 is 0 Å². The van der Waals surface area contributed by atoms with E-state index in [1.165, 1.54) is 0 Å². The van der Waals surface area contributed by atoms with Crippen LogP contribution in [0.4, 0.5) is 0 Å². The second-order valence-electron chi connectivity index (χ2n) is 4.93. The standard InChI is InChI=1S/C17H13BrN2O2S/c18-13-8-12(9-14-16(21)20-17(23)19-14)6-7-15(13)22-10-11-4-2-1-3-5-11/h1-9H,10H2,(H2,19,20,21,23)/b14-9-. The molecule has 1 amide bonds. The topological polar surface area (TPSA) is 50.4 Å². The zero-order chi connectivity index (χ0) is 16.2. The normalized spacial score (nSPS) is 15.4. The third-order valence-electron chi connectivity index (χ3n) is 3.22. The first-order chi connectivity index (χ1) is 11.1. The first-order valence-corrected chi connectivity index (χ1v) is 8.12. The molecule has 0 saturated carbocycles. The van der Waals surface area contributed by atoms with E-state index in [0.29, 0.717) is 17.4 Å². The molecule has 0 aromatic heterocycles. The highest BCUT2D eigenvalue weighted by Gasteiger charge is 2.19. The fourth-order valence-corrected chi connectivity index (χ4v) is 2.82. The number of rotatable bonds is 4. The molecule has 0 bridgehead atoms. The third-order valence-corrected chi connectivity index (χ3v) is 4.05. The predicted molar refractivity (Wildman–Crippen MR) is 96.8 cm³/mol. The van der Waals surface area contributed by atoms with Crippen molar-refractivity contribution in [1.82, 2.24) is 10.6 Å². The first kappa shape index (κ1) is 15.7. The zero-order valence-corrected chi connectivity index (χ0v) is 14.4. The van der Waals surface area contributed by atoms with Crippen LogP contribution in [-0.4, -0.2) is 11.0 Å². The molecule has 0 spiro atoms. The molecule has 0 unspecified atom stereocenters. The molecule has 1 heterocycles. The lowest BCUT2D eigenvalue weighted by Crippen LogP contribution is -2.21. The van der Waals surface area contributed by atoms with Gasteiger partial charge in [0.05, 0.1) is 4.47 Å². The molecule has 3 rings (SSSR count). The summed E-state index contributed by atoms with van der Waals surface area (Å²) in [6.45, 7) is 0.498. The van der Waals surface area contributed by atoms with Crippen LogP contribution in [0.25, 0.3) is 6.08 Å². The van der Waals surface area contributed by atoms with E-state index in [1.54, 1.807) is 6.08 Å². The Bertz CT molecular complexity index is 790. The van der Waals surface area contributed by atoms with Crippen molar-refractivity contribution in [2.75, 3.05) is 0 Å². The lowest BCUT2D eigenvalue weighted by molar-refractivity contribution is -0.115. The van der Waals surface area contributed by atoms with E-state index < -0.39 is 0 Å². The highest BCUT2D eigenvalue weighted by atomic mass is 79.9. The minimum Gasteiger partial charge on any atom is -0.488 e. The number of carbonyl (C=O) groups is 1. The number of hydrogen-bond donors (Lipinski definition) is 2. The van der Waals surface area contributed by atoms with Crippen LogP contribution in [0.1, 0.15) is 11.1 Å². The second-order valence-corrected chi connectivity index (χ2v) is 6.19.